The van der Waals surface area contributed by atoms with Crippen LogP contribution in [0.2, 0.25) is 0 Å². The third-order valence-corrected chi connectivity index (χ3v) is 9.96. The van der Waals surface area contributed by atoms with Gasteiger partial charge in [-0.1, -0.05) is 6.07 Å². The van der Waals surface area contributed by atoms with Crippen molar-refractivity contribution in [2.75, 3.05) is 25.4 Å². The molecular formula is C21H25NO7S2. The van der Waals surface area contributed by atoms with Crippen molar-refractivity contribution < 1.29 is 31.0 Å². The number of fused-ring (bicyclic) bond motifs is 1. The van der Waals surface area contributed by atoms with Crippen molar-refractivity contribution >= 4 is 19.7 Å². The zero-order valence-corrected chi connectivity index (χ0v) is 19.2. The molecule has 0 radical (unpaired) electrons. The van der Waals surface area contributed by atoms with Crippen molar-refractivity contribution in [3.8, 4) is 17.2 Å². The normalized spacial score (nSPS) is 21.9. The van der Waals surface area contributed by atoms with Gasteiger partial charge in [-0.3, -0.25) is 0 Å². The Hall–Kier alpha value is -2.30. The minimum atomic E-state index is -3.97. The van der Waals surface area contributed by atoms with Gasteiger partial charge < -0.3 is 19.5 Å². The fraction of sp³-hybridized carbons (Fsp3) is 0.429. The fourth-order valence-electron chi connectivity index (χ4n) is 3.92. The van der Waals surface area contributed by atoms with Crippen LogP contribution in [0.1, 0.15) is 16.7 Å². The Balaban J connectivity index is 1.62. The molecule has 1 fully saturated rings. The van der Waals surface area contributed by atoms with Crippen LogP contribution in [0.4, 0.5) is 0 Å². The first kappa shape index (κ1) is 21.9. The molecule has 8 nitrogen and oxygen atoms in total. The summed E-state index contributed by atoms with van der Waals surface area (Å²) in [5.41, 5.74) is 2.53. The largest absolute Gasteiger partial charge is 0.495 e. The van der Waals surface area contributed by atoms with Gasteiger partial charge in [-0.2, -0.15) is 0 Å². The first-order valence-electron chi connectivity index (χ1n) is 9.82. The van der Waals surface area contributed by atoms with Crippen molar-refractivity contribution in [3.05, 3.63) is 47.0 Å². The molecule has 31 heavy (non-hydrogen) atoms. The first-order chi connectivity index (χ1) is 14.6. The Labute approximate surface area is 182 Å². The lowest BCUT2D eigenvalue weighted by atomic mass is 10.1. The van der Waals surface area contributed by atoms with E-state index in [1.165, 1.54) is 7.11 Å². The van der Waals surface area contributed by atoms with Crippen LogP contribution in [0.25, 0.3) is 0 Å². The summed E-state index contributed by atoms with van der Waals surface area (Å²) in [7, 11) is -6.07. The van der Waals surface area contributed by atoms with E-state index in [0.29, 0.717) is 18.0 Å². The highest BCUT2D eigenvalue weighted by atomic mass is 32.2. The van der Waals surface area contributed by atoms with Crippen LogP contribution in [-0.4, -0.2) is 53.5 Å². The van der Waals surface area contributed by atoms with Gasteiger partial charge >= 0.3 is 0 Å². The van der Waals surface area contributed by atoms with Crippen molar-refractivity contribution in [1.82, 2.24) is 5.32 Å². The van der Waals surface area contributed by atoms with Crippen molar-refractivity contribution in [2.24, 2.45) is 0 Å². The molecule has 0 amide bonds. The molecule has 1 N–H and O–H groups in total. The molecule has 2 aliphatic rings. The second-order valence-corrected chi connectivity index (χ2v) is 12.2. The van der Waals surface area contributed by atoms with E-state index in [1.54, 1.807) is 24.3 Å². The number of ether oxygens (including phenoxy) is 3. The SMILES string of the molecule is COc1cc(C)c(C)cc1S(=O)(=O)[C@H]1CS(=O)(=O)C[C@@H]1NCc1ccc2c(c1)OCO2. The molecule has 0 aliphatic carbocycles. The summed E-state index contributed by atoms with van der Waals surface area (Å²) in [5, 5.41) is 2.03. The lowest BCUT2D eigenvalue weighted by Crippen LogP contribution is -2.43. The predicted octanol–water partition coefficient (Wildman–Crippen LogP) is 1.77. The van der Waals surface area contributed by atoms with E-state index in [4.69, 9.17) is 14.2 Å². The maximum absolute atomic E-state index is 13.5. The quantitative estimate of drug-likeness (QED) is 0.685. The molecule has 2 atom stereocenters. The first-order valence-corrected chi connectivity index (χ1v) is 13.2. The second kappa shape index (κ2) is 7.99. The smallest absolute Gasteiger partial charge is 0.231 e. The predicted molar refractivity (Wildman–Crippen MR) is 115 cm³/mol. The molecule has 2 aromatic rings. The average Bonchev–Trinajstić information content (AvgIpc) is 3.31. The van der Waals surface area contributed by atoms with Gasteiger partial charge in [0.1, 0.15) is 10.6 Å². The number of hydrogen-bond donors (Lipinski definition) is 1. The van der Waals surface area contributed by atoms with E-state index in [9.17, 15) is 16.8 Å². The molecule has 168 valence electrons. The van der Waals surface area contributed by atoms with Gasteiger partial charge in [0.15, 0.2) is 31.2 Å². The standard InChI is InChI=1S/C21H25NO7S2/c1-13-6-19(27-3)20(7-14(13)2)31(25,26)21-11-30(23,24)10-16(21)22-9-15-4-5-17-18(8-15)29-12-28-17/h4-8,16,21-22H,9-12H2,1-3H3/t16-,21-/m0/s1. The van der Waals surface area contributed by atoms with E-state index in [2.05, 4.69) is 5.32 Å². The van der Waals surface area contributed by atoms with Crippen LogP contribution in [0.5, 0.6) is 17.2 Å². The lowest BCUT2D eigenvalue weighted by molar-refractivity contribution is 0.174. The lowest BCUT2D eigenvalue weighted by Gasteiger charge is -2.22. The molecule has 10 heteroatoms. The number of aryl methyl sites for hydroxylation is 2. The summed E-state index contributed by atoms with van der Waals surface area (Å²) in [6.07, 6.45) is 0. The molecular weight excluding hydrogens is 442 g/mol. The summed E-state index contributed by atoms with van der Waals surface area (Å²) in [4.78, 5) is 0.0232. The number of sulfone groups is 2. The van der Waals surface area contributed by atoms with E-state index < -0.39 is 36.7 Å². The molecule has 0 saturated carbocycles. The molecule has 0 aromatic heterocycles. The molecule has 0 unspecified atom stereocenters. The fourth-order valence-corrected chi connectivity index (χ4v) is 8.86. The van der Waals surface area contributed by atoms with Crippen molar-refractivity contribution in [1.29, 1.82) is 0 Å². The van der Waals surface area contributed by atoms with Gasteiger partial charge in [0.2, 0.25) is 6.79 Å². The van der Waals surface area contributed by atoms with Crippen LogP contribution in [0, 0.1) is 13.8 Å². The molecule has 1 saturated heterocycles. The number of nitrogens with one attached hydrogen (secondary N) is 1. The third kappa shape index (κ3) is 4.24. The van der Waals surface area contributed by atoms with Crippen molar-refractivity contribution in [2.45, 2.75) is 36.6 Å². The number of rotatable bonds is 6. The van der Waals surface area contributed by atoms with Gasteiger partial charge in [-0.05, 0) is 54.8 Å². The van der Waals surface area contributed by atoms with E-state index >= 15 is 0 Å². The Morgan fingerprint density at radius 3 is 2.52 bits per heavy atom. The topological polar surface area (TPSA) is 108 Å². The Morgan fingerprint density at radius 1 is 1.06 bits per heavy atom. The maximum Gasteiger partial charge on any atom is 0.231 e. The zero-order chi connectivity index (χ0) is 22.4. The summed E-state index contributed by atoms with van der Waals surface area (Å²) < 4.78 is 67.8. The zero-order valence-electron chi connectivity index (χ0n) is 17.5. The Bertz CT molecular complexity index is 1220. The van der Waals surface area contributed by atoms with Crippen LogP contribution in [-0.2, 0) is 26.2 Å². The average molecular weight is 468 g/mol. The highest BCUT2D eigenvalue weighted by Crippen LogP contribution is 2.35. The molecule has 0 spiro atoms. The molecule has 0 bridgehead atoms. The van der Waals surface area contributed by atoms with E-state index in [1.807, 2.05) is 19.9 Å². The van der Waals surface area contributed by atoms with Crippen LogP contribution < -0.4 is 19.5 Å². The highest BCUT2D eigenvalue weighted by Gasteiger charge is 2.46. The monoisotopic (exact) mass is 467 g/mol. The summed E-state index contributed by atoms with van der Waals surface area (Å²) in [5.74, 6) is 0.817. The molecule has 2 aliphatic heterocycles. The van der Waals surface area contributed by atoms with Gasteiger partial charge in [-0.25, -0.2) is 16.8 Å². The van der Waals surface area contributed by atoms with Crippen LogP contribution in [0.15, 0.2) is 35.2 Å². The van der Waals surface area contributed by atoms with Crippen LogP contribution in [0.3, 0.4) is 0 Å². The number of hydrogen-bond acceptors (Lipinski definition) is 8. The molecule has 2 aromatic carbocycles. The second-order valence-electron chi connectivity index (χ2n) is 7.92. The summed E-state index contributed by atoms with van der Waals surface area (Å²) in [6, 6.07) is 7.89. The molecule has 2 heterocycles. The Kier molecular flexibility index (Phi) is 5.65. The van der Waals surface area contributed by atoms with Gasteiger partial charge in [0.05, 0.1) is 23.9 Å². The number of benzene rings is 2. The third-order valence-electron chi connectivity index (χ3n) is 5.79. The Morgan fingerprint density at radius 2 is 1.77 bits per heavy atom. The highest BCUT2D eigenvalue weighted by molar-refractivity contribution is 7.96. The van der Waals surface area contributed by atoms with Crippen LogP contribution >= 0.6 is 0 Å². The van der Waals surface area contributed by atoms with Gasteiger partial charge in [0.25, 0.3) is 0 Å². The minimum absolute atomic E-state index is 0.0232. The summed E-state index contributed by atoms with van der Waals surface area (Å²) in [6.45, 7) is 4.14. The van der Waals surface area contributed by atoms with E-state index in [0.717, 1.165) is 16.7 Å². The number of methoxy groups -OCH3 is 1. The van der Waals surface area contributed by atoms with E-state index in [-0.39, 0.29) is 23.2 Å². The van der Waals surface area contributed by atoms with Gasteiger partial charge in [-0.15, -0.1) is 0 Å². The maximum atomic E-state index is 13.5. The van der Waals surface area contributed by atoms with Gasteiger partial charge in [0, 0.05) is 12.6 Å². The minimum Gasteiger partial charge on any atom is -0.495 e. The molecule has 4 rings (SSSR count). The van der Waals surface area contributed by atoms with Crippen molar-refractivity contribution in [3.63, 3.8) is 0 Å². The summed E-state index contributed by atoms with van der Waals surface area (Å²) >= 11 is 0.